The number of imidazole rings is 1. The summed E-state index contributed by atoms with van der Waals surface area (Å²) in [6.45, 7) is 1.05. The van der Waals surface area contributed by atoms with E-state index < -0.39 is 5.97 Å². The molecule has 0 aromatic carbocycles. The normalized spacial score (nSPS) is 18.1. The Morgan fingerprint density at radius 1 is 1.00 bits per heavy atom. The molecule has 3 aromatic rings. The van der Waals surface area contributed by atoms with E-state index >= 15 is 0 Å². The third-order valence-corrected chi connectivity index (χ3v) is 8.50. The first kappa shape index (κ1) is 23.8. The fraction of sp³-hybridized carbons (Fsp3) is 0.538. The molecule has 0 radical (unpaired) electrons. The van der Waals surface area contributed by atoms with Gasteiger partial charge >= 0.3 is 11.7 Å². The maximum atomic E-state index is 13.7. The molecule has 2 saturated carbocycles. The van der Waals surface area contributed by atoms with Gasteiger partial charge in [-0.3, -0.25) is 13.9 Å². The summed E-state index contributed by atoms with van der Waals surface area (Å²) < 4.78 is 3.17. The van der Waals surface area contributed by atoms with Gasteiger partial charge in [0.25, 0.3) is 5.56 Å². The molecule has 8 nitrogen and oxygen atoms in total. The largest absolute Gasteiger partial charge is 0.478 e. The van der Waals surface area contributed by atoms with E-state index in [9.17, 15) is 14.4 Å². The van der Waals surface area contributed by atoms with Crippen LogP contribution in [-0.4, -0.2) is 30.2 Å². The van der Waals surface area contributed by atoms with Gasteiger partial charge < -0.3 is 10.1 Å². The van der Waals surface area contributed by atoms with Crippen molar-refractivity contribution >= 4 is 34.5 Å². The number of carbonyl (C=O) groups is 1. The maximum absolute atomic E-state index is 13.7. The van der Waals surface area contributed by atoms with Crippen LogP contribution >= 0.6 is 11.3 Å². The minimum Gasteiger partial charge on any atom is -0.478 e. The molecule has 0 unspecified atom stereocenters. The minimum atomic E-state index is -1.01. The second-order valence-corrected chi connectivity index (χ2v) is 11.1. The number of rotatable bonds is 7. The van der Waals surface area contributed by atoms with Crippen LogP contribution in [0, 0.1) is 11.8 Å². The zero-order chi connectivity index (χ0) is 24.4. The molecule has 0 aliphatic heterocycles. The molecule has 2 fully saturated rings. The van der Waals surface area contributed by atoms with Crippen molar-refractivity contribution in [3.05, 3.63) is 43.9 Å². The zero-order valence-corrected chi connectivity index (χ0v) is 20.7. The minimum absolute atomic E-state index is 0.243. The highest BCUT2D eigenvalue weighted by Crippen LogP contribution is 2.29. The van der Waals surface area contributed by atoms with E-state index in [0.29, 0.717) is 41.9 Å². The number of nitrogens with one attached hydrogen (secondary N) is 1. The van der Waals surface area contributed by atoms with Gasteiger partial charge in [-0.15, -0.1) is 11.3 Å². The van der Waals surface area contributed by atoms with Crippen LogP contribution in [0.3, 0.4) is 0 Å². The highest BCUT2D eigenvalue weighted by Gasteiger charge is 2.24. The summed E-state index contributed by atoms with van der Waals surface area (Å²) in [5, 5.41) is 8.89. The molecule has 9 heteroatoms. The van der Waals surface area contributed by atoms with Crippen molar-refractivity contribution in [1.29, 1.82) is 0 Å². The Morgan fingerprint density at radius 3 is 2.26 bits per heavy atom. The molecule has 2 aliphatic carbocycles. The summed E-state index contributed by atoms with van der Waals surface area (Å²) in [4.78, 5) is 47.5. The van der Waals surface area contributed by atoms with Gasteiger partial charge in [0, 0.05) is 24.0 Å². The fourth-order valence-corrected chi connectivity index (χ4v) is 6.44. The lowest BCUT2D eigenvalue weighted by Crippen LogP contribution is -2.42. The average Bonchev–Trinajstić information content (AvgIpc) is 3.52. The van der Waals surface area contributed by atoms with Crippen molar-refractivity contribution in [3.8, 4) is 10.7 Å². The van der Waals surface area contributed by atoms with Gasteiger partial charge in [-0.25, -0.2) is 14.6 Å². The molecule has 3 heterocycles. The number of carboxylic acids is 1. The highest BCUT2D eigenvalue weighted by molar-refractivity contribution is 7.16. The van der Waals surface area contributed by atoms with E-state index in [2.05, 4.69) is 4.98 Å². The lowest BCUT2D eigenvalue weighted by atomic mass is 9.89. The number of thiophene rings is 1. The van der Waals surface area contributed by atoms with E-state index in [1.54, 1.807) is 4.57 Å². The molecule has 0 amide bonds. The Balaban J connectivity index is 1.57. The third-order valence-electron chi connectivity index (χ3n) is 7.44. The fourth-order valence-electron chi connectivity index (χ4n) is 5.59. The first-order valence-electron chi connectivity index (χ1n) is 12.7. The van der Waals surface area contributed by atoms with Crippen LogP contribution in [0.5, 0.6) is 0 Å². The van der Waals surface area contributed by atoms with Crippen LogP contribution in [0.25, 0.3) is 27.9 Å². The number of fused-ring (bicyclic) bond motifs is 1. The van der Waals surface area contributed by atoms with Gasteiger partial charge in [-0.1, -0.05) is 38.5 Å². The Hall–Kier alpha value is -2.94. The van der Waals surface area contributed by atoms with Crippen LogP contribution in [-0.2, 0) is 17.9 Å². The predicted molar refractivity (Wildman–Crippen MR) is 138 cm³/mol. The van der Waals surface area contributed by atoms with Crippen molar-refractivity contribution in [2.75, 3.05) is 0 Å². The number of hydrogen-bond acceptors (Lipinski definition) is 5. The predicted octanol–water partition coefficient (Wildman–Crippen LogP) is 4.87. The maximum Gasteiger partial charge on any atom is 0.332 e. The smallest absolute Gasteiger partial charge is 0.332 e. The van der Waals surface area contributed by atoms with Gasteiger partial charge in [0.1, 0.15) is 5.52 Å². The number of aromatic amines is 1. The van der Waals surface area contributed by atoms with Crippen molar-refractivity contribution in [1.82, 2.24) is 19.1 Å². The molecule has 0 atom stereocenters. The molecule has 2 aliphatic rings. The zero-order valence-electron chi connectivity index (χ0n) is 19.9. The number of nitrogens with zero attached hydrogens (tertiary/aromatic N) is 3. The Bertz CT molecular complexity index is 1350. The summed E-state index contributed by atoms with van der Waals surface area (Å²) in [6, 6.07) is 3.68. The average molecular weight is 497 g/mol. The lowest BCUT2D eigenvalue weighted by molar-refractivity contribution is -0.131. The summed E-state index contributed by atoms with van der Waals surface area (Å²) in [7, 11) is 0. The molecule has 2 N–H and O–H groups in total. The number of H-pyrrole nitrogens is 1. The number of hydrogen-bond donors (Lipinski definition) is 2. The van der Waals surface area contributed by atoms with Gasteiger partial charge in [-0.2, -0.15) is 0 Å². The molecule has 35 heavy (non-hydrogen) atoms. The van der Waals surface area contributed by atoms with Gasteiger partial charge in [0.15, 0.2) is 11.5 Å². The van der Waals surface area contributed by atoms with Crippen LogP contribution in [0.1, 0.15) is 69.1 Å². The van der Waals surface area contributed by atoms with E-state index in [4.69, 9.17) is 10.1 Å². The van der Waals surface area contributed by atoms with Crippen molar-refractivity contribution in [2.24, 2.45) is 11.8 Å². The molecular weight excluding hydrogens is 464 g/mol. The number of aromatic nitrogens is 4. The van der Waals surface area contributed by atoms with Crippen LogP contribution < -0.4 is 11.2 Å². The van der Waals surface area contributed by atoms with Crippen LogP contribution in [0.15, 0.2) is 27.8 Å². The highest BCUT2D eigenvalue weighted by atomic mass is 32.1. The summed E-state index contributed by atoms with van der Waals surface area (Å²) >= 11 is 1.39. The van der Waals surface area contributed by atoms with Gasteiger partial charge in [0.2, 0.25) is 0 Å². The van der Waals surface area contributed by atoms with Crippen molar-refractivity contribution in [3.63, 3.8) is 0 Å². The van der Waals surface area contributed by atoms with E-state index in [0.717, 1.165) is 54.4 Å². The Labute approximate surface area is 207 Å². The molecule has 5 rings (SSSR count). The van der Waals surface area contributed by atoms with Crippen LogP contribution in [0.4, 0.5) is 0 Å². The standard InChI is InChI=1S/C26H32N4O4S/c31-21(32)14-12-19-11-13-20(35-19)23-27-22-24(28-23)29(15-17-7-3-1-4-8-17)26(34)30(25(22)33)16-18-9-5-2-6-10-18/h11-14,17-18H,1-10,15-16H2,(H,27,28)(H,31,32)/b14-12+. The first-order chi connectivity index (χ1) is 17.0. The van der Waals surface area contributed by atoms with Crippen molar-refractivity contribution < 1.29 is 9.90 Å². The Morgan fingerprint density at radius 2 is 1.63 bits per heavy atom. The molecule has 186 valence electrons. The molecule has 0 bridgehead atoms. The van der Waals surface area contributed by atoms with Crippen LogP contribution in [0.2, 0.25) is 0 Å². The monoisotopic (exact) mass is 496 g/mol. The SMILES string of the molecule is O=C(O)/C=C/c1ccc(-c2nc3c([nH]2)c(=O)n(CC2CCCCC2)c(=O)n3CC2CCCCC2)s1. The van der Waals surface area contributed by atoms with Crippen molar-refractivity contribution in [2.45, 2.75) is 77.3 Å². The lowest BCUT2D eigenvalue weighted by Gasteiger charge is -2.24. The molecular formula is C26H32N4O4S. The Kier molecular flexibility index (Phi) is 7.04. The first-order valence-corrected chi connectivity index (χ1v) is 13.6. The number of aliphatic carboxylic acids is 1. The quantitative estimate of drug-likeness (QED) is 0.453. The van der Waals surface area contributed by atoms with Gasteiger partial charge in [0.05, 0.1) is 4.88 Å². The molecule has 0 saturated heterocycles. The van der Waals surface area contributed by atoms with E-state index in [1.807, 2.05) is 12.1 Å². The number of carboxylic acid groups (broad SMARTS) is 1. The van der Waals surface area contributed by atoms with Gasteiger partial charge in [-0.05, 0) is 55.7 Å². The summed E-state index contributed by atoms with van der Waals surface area (Å²) in [6.07, 6.45) is 14.1. The summed E-state index contributed by atoms with van der Waals surface area (Å²) in [5.41, 5.74) is 0.267. The second kappa shape index (κ2) is 10.4. The second-order valence-electron chi connectivity index (χ2n) is 9.97. The topological polar surface area (TPSA) is 110 Å². The third kappa shape index (κ3) is 5.19. The van der Waals surface area contributed by atoms with E-state index in [-0.39, 0.29) is 11.2 Å². The molecule has 3 aromatic heterocycles. The molecule has 0 spiro atoms. The van der Waals surface area contributed by atoms with E-state index in [1.165, 1.54) is 47.7 Å². The summed E-state index contributed by atoms with van der Waals surface area (Å²) in [5.74, 6) is 0.302.